The number of nitrogens with two attached hydrogens (primary N) is 1. The van der Waals surface area contributed by atoms with Crippen LogP contribution in [0.3, 0.4) is 0 Å². The highest BCUT2D eigenvalue weighted by Gasteiger charge is 2.13. The highest BCUT2D eigenvalue weighted by molar-refractivity contribution is 5.75. The van der Waals surface area contributed by atoms with E-state index in [0.717, 1.165) is 11.4 Å². The molecule has 0 spiro atoms. The van der Waals surface area contributed by atoms with Gasteiger partial charge in [-0.3, -0.25) is 14.5 Å². The normalized spacial score (nSPS) is 11.2. The Labute approximate surface area is 101 Å². The molecule has 0 aliphatic carbocycles. The number of rotatable bonds is 1. The Morgan fingerprint density at radius 2 is 2.11 bits per heavy atom. The molecule has 3 aromatic heterocycles. The van der Waals surface area contributed by atoms with E-state index in [9.17, 15) is 4.79 Å². The summed E-state index contributed by atoms with van der Waals surface area (Å²) in [5.41, 5.74) is 7.38. The molecule has 0 unspecified atom stereocenters. The van der Waals surface area contributed by atoms with Crippen LogP contribution in [0.15, 0.2) is 10.9 Å². The molecule has 4 N–H and O–H groups in total. The van der Waals surface area contributed by atoms with Crippen LogP contribution in [0, 0.1) is 6.92 Å². The van der Waals surface area contributed by atoms with Gasteiger partial charge >= 0.3 is 0 Å². The maximum atomic E-state index is 11.7. The number of anilines is 1. The summed E-state index contributed by atoms with van der Waals surface area (Å²) in [6.07, 6.45) is 0. The van der Waals surface area contributed by atoms with Crippen molar-refractivity contribution in [1.29, 1.82) is 0 Å². The van der Waals surface area contributed by atoms with Gasteiger partial charge in [-0.1, -0.05) is 0 Å². The zero-order chi connectivity index (χ0) is 12.9. The van der Waals surface area contributed by atoms with Crippen molar-refractivity contribution in [3.05, 3.63) is 22.1 Å². The molecule has 3 heterocycles. The molecular weight excluding hydrogens is 234 g/mol. The lowest BCUT2D eigenvalue weighted by Crippen LogP contribution is -2.10. The average molecular weight is 245 g/mol. The lowest BCUT2D eigenvalue weighted by molar-refractivity contribution is 0.760. The molecule has 8 nitrogen and oxygen atoms in total. The number of fused-ring (bicyclic) bond motifs is 1. The fourth-order valence-corrected chi connectivity index (χ4v) is 1.88. The molecule has 3 aromatic rings. The number of aromatic nitrogens is 6. The SMILES string of the molecule is Cc1cc(-c2nc3nc(N)[nH]c(=O)c3[nH]2)n(C)n1. The topological polar surface area (TPSA) is 118 Å². The molecule has 0 radical (unpaired) electrons. The van der Waals surface area contributed by atoms with Crippen molar-refractivity contribution in [2.45, 2.75) is 6.92 Å². The molecule has 0 fully saturated rings. The van der Waals surface area contributed by atoms with Crippen molar-refractivity contribution in [3.8, 4) is 11.5 Å². The summed E-state index contributed by atoms with van der Waals surface area (Å²) in [6.45, 7) is 1.88. The third-order valence-corrected chi connectivity index (χ3v) is 2.62. The van der Waals surface area contributed by atoms with Gasteiger partial charge in [0.1, 0.15) is 5.69 Å². The molecule has 0 aliphatic heterocycles. The number of nitrogens with zero attached hydrogens (tertiary/aromatic N) is 4. The van der Waals surface area contributed by atoms with Gasteiger partial charge in [-0.2, -0.15) is 10.1 Å². The van der Waals surface area contributed by atoms with Gasteiger partial charge < -0.3 is 10.7 Å². The van der Waals surface area contributed by atoms with E-state index in [1.165, 1.54) is 0 Å². The molecular formula is C10H11N7O. The fourth-order valence-electron chi connectivity index (χ4n) is 1.88. The van der Waals surface area contributed by atoms with E-state index in [1.807, 2.05) is 20.0 Å². The van der Waals surface area contributed by atoms with Crippen LogP contribution in [-0.4, -0.2) is 29.7 Å². The van der Waals surface area contributed by atoms with Crippen LogP contribution < -0.4 is 11.3 Å². The Bertz CT molecular complexity index is 794. The van der Waals surface area contributed by atoms with Crippen LogP contribution in [0.1, 0.15) is 5.69 Å². The summed E-state index contributed by atoms with van der Waals surface area (Å²) in [6, 6.07) is 1.87. The predicted molar refractivity (Wildman–Crippen MR) is 65.9 cm³/mol. The Hall–Kier alpha value is -2.64. The van der Waals surface area contributed by atoms with Crippen molar-refractivity contribution in [3.63, 3.8) is 0 Å². The van der Waals surface area contributed by atoms with E-state index in [1.54, 1.807) is 4.68 Å². The standard InChI is InChI=1S/C10H11N7O/c1-4-3-5(17(2)16-4)7-12-6-8(13-7)14-10(11)15-9(6)18/h3H,1-2H3,(H4,11,12,13,14,15,18). The van der Waals surface area contributed by atoms with Crippen molar-refractivity contribution in [1.82, 2.24) is 29.7 Å². The van der Waals surface area contributed by atoms with E-state index in [4.69, 9.17) is 5.73 Å². The van der Waals surface area contributed by atoms with Gasteiger partial charge in [-0.25, -0.2) is 4.98 Å². The monoisotopic (exact) mass is 245 g/mol. The van der Waals surface area contributed by atoms with Gasteiger partial charge in [0, 0.05) is 7.05 Å². The summed E-state index contributed by atoms with van der Waals surface area (Å²) >= 11 is 0. The lowest BCUT2D eigenvalue weighted by Gasteiger charge is -1.94. The number of aromatic amines is 2. The van der Waals surface area contributed by atoms with Crippen LogP contribution in [-0.2, 0) is 7.05 Å². The third kappa shape index (κ3) is 1.46. The minimum atomic E-state index is -0.338. The van der Waals surface area contributed by atoms with E-state index in [0.29, 0.717) is 17.0 Å². The van der Waals surface area contributed by atoms with Gasteiger partial charge in [0.25, 0.3) is 5.56 Å². The largest absolute Gasteiger partial charge is 0.369 e. The van der Waals surface area contributed by atoms with Crippen molar-refractivity contribution in [2.75, 3.05) is 5.73 Å². The van der Waals surface area contributed by atoms with Crippen molar-refractivity contribution in [2.24, 2.45) is 7.05 Å². The van der Waals surface area contributed by atoms with Gasteiger partial charge in [0.05, 0.1) is 5.69 Å². The Kier molecular flexibility index (Phi) is 2.00. The zero-order valence-electron chi connectivity index (χ0n) is 9.85. The second kappa shape index (κ2) is 3.42. The molecule has 18 heavy (non-hydrogen) atoms. The van der Waals surface area contributed by atoms with Crippen molar-refractivity contribution < 1.29 is 0 Å². The van der Waals surface area contributed by atoms with Crippen LogP contribution in [0.2, 0.25) is 0 Å². The molecule has 0 aliphatic rings. The third-order valence-electron chi connectivity index (χ3n) is 2.62. The van der Waals surface area contributed by atoms with Crippen LogP contribution >= 0.6 is 0 Å². The first kappa shape index (κ1) is 10.5. The lowest BCUT2D eigenvalue weighted by atomic mass is 10.3. The van der Waals surface area contributed by atoms with Crippen LogP contribution in [0.4, 0.5) is 5.95 Å². The molecule has 3 rings (SSSR count). The number of H-pyrrole nitrogens is 2. The molecule has 0 bridgehead atoms. The molecule has 8 heteroatoms. The second-order valence-corrected chi connectivity index (χ2v) is 4.03. The minimum absolute atomic E-state index is 0.0479. The van der Waals surface area contributed by atoms with Crippen LogP contribution in [0.25, 0.3) is 22.7 Å². The van der Waals surface area contributed by atoms with E-state index < -0.39 is 0 Å². The highest BCUT2D eigenvalue weighted by atomic mass is 16.1. The van der Waals surface area contributed by atoms with Gasteiger partial charge in [-0.05, 0) is 13.0 Å². The van der Waals surface area contributed by atoms with Crippen LogP contribution in [0.5, 0.6) is 0 Å². The summed E-state index contributed by atoms with van der Waals surface area (Å²) in [7, 11) is 1.81. The maximum absolute atomic E-state index is 11.7. The number of nitrogens with one attached hydrogen (secondary N) is 2. The summed E-state index contributed by atoms with van der Waals surface area (Å²) in [5, 5.41) is 4.22. The number of nitrogen functional groups attached to an aromatic ring is 1. The molecule has 0 saturated carbocycles. The number of aryl methyl sites for hydroxylation is 2. The van der Waals surface area contributed by atoms with E-state index >= 15 is 0 Å². The molecule has 92 valence electrons. The molecule has 0 atom stereocenters. The van der Waals surface area contributed by atoms with E-state index in [-0.39, 0.29) is 11.5 Å². The number of hydrogen-bond donors (Lipinski definition) is 3. The van der Waals surface area contributed by atoms with E-state index in [2.05, 4.69) is 25.0 Å². The minimum Gasteiger partial charge on any atom is -0.369 e. The zero-order valence-corrected chi connectivity index (χ0v) is 9.85. The summed E-state index contributed by atoms with van der Waals surface area (Å²) < 4.78 is 1.69. The fraction of sp³-hybridized carbons (Fsp3) is 0.200. The second-order valence-electron chi connectivity index (χ2n) is 4.03. The molecule has 0 amide bonds. The predicted octanol–water partition coefficient (Wildman–Crippen LogP) is -0.0627. The Morgan fingerprint density at radius 1 is 1.33 bits per heavy atom. The summed E-state index contributed by atoms with van der Waals surface area (Å²) in [4.78, 5) is 25.2. The maximum Gasteiger partial charge on any atom is 0.278 e. The van der Waals surface area contributed by atoms with Gasteiger partial charge in [-0.15, -0.1) is 0 Å². The number of hydrogen-bond acceptors (Lipinski definition) is 5. The first-order valence-electron chi connectivity index (χ1n) is 5.31. The van der Waals surface area contributed by atoms with Crippen molar-refractivity contribution >= 4 is 17.1 Å². The number of imidazole rings is 1. The first-order chi connectivity index (χ1) is 8.54. The quantitative estimate of drug-likeness (QED) is 0.555. The Morgan fingerprint density at radius 3 is 2.78 bits per heavy atom. The molecule has 0 aromatic carbocycles. The average Bonchev–Trinajstić information content (AvgIpc) is 2.81. The summed E-state index contributed by atoms with van der Waals surface area (Å²) in [5.74, 6) is 0.587. The van der Waals surface area contributed by atoms with Gasteiger partial charge in [0.15, 0.2) is 17.0 Å². The molecule has 0 saturated heterocycles. The first-order valence-corrected chi connectivity index (χ1v) is 5.31. The Balaban J connectivity index is 2.29. The highest BCUT2D eigenvalue weighted by Crippen LogP contribution is 2.18. The smallest absolute Gasteiger partial charge is 0.278 e. The van der Waals surface area contributed by atoms with Gasteiger partial charge in [0.2, 0.25) is 5.95 Å².